The van der Waals surface area contributed by atoms with E-state index in [-0.39, 0.29) is 17.1 Å². The average molecular weight is 300 g/mol. The number of nitrogens with zero attached hydrogens (tertiary/aromatic N) is 1. The van der Waals surface area contributed by atoms with E-state index in [0.29, 0.717) is 11.6 Å². The van der Waals surface area contributed by atoms with Crippen LogP contribution >= 0.6 is 11.8 Å². The normalized spacial score (nSPS) is 13.0. The maximum Gasteiger partial charge on any atom is 0.327 e. The number of oxazole rings is 1. The summed E-state index contributed by atoms with van der Waals surface area (Å²) >= 11 is 1.36. The van der Waals surface area contributed by atoms with Gasteiger partial charge in [0.1, 0.15) is 11.8 Å². The Morgan fingerprint density at radius 2 is 2.15 bits per heavy atom. The predicted molar refractivity (Wildman–Crippen MR) is 76.6 cm³/mol. The first-order chi connectivity index (χ1) is 9.20. The van der Waals surface area contributed by atoms with Crippen LogP contribution in [0.3, 0.4) is 0 Å². The fourth-order valence-electron chi connectivity index (χ4n) is 1.41. The van der Waals surface area contributed by atoms with Gasteiger partial charge in [0, 0.05) is 18.1 Å². The third kappa shape index (κ3) is 5.24. The summed E-state index contributed by atoms with van der Waals surface area (Å²) in [7, 11) is 0. The lowest BCUT2D eigenvalue weighted by molar-refractivity contribution is -0.140. The van der Waals surface area contributed by atoms with Gasteiger partial charge in [0.05, 0.1) is 11.9 Å². The van der Waals surface area contributed by atoms with E-state index in [4.69, 9.17) is 9.52 Å². The van der Waals surface area contributed by atoms with Gasteiger partial charge < -0.3 is 14.8 Å². The molecule has 0 aliphatic rings. The van der Waals surface area contributed by atoms with E-state index in [9.17, 15) is 9.59 Å². The molecule has 0 bridgehead atoms. The maximum atomic E-state index is 10.9. The topological polar surface area (TPSA) is 92.4 Å². The summed E-state index contributed by atoms with van der Waals surface area (Å²) in [4.78, 5) is 26.0. The number of aliphatic carboxylic acids is 1. The molecule has 0 aromatic carbocycles. The van der Waals surface area contributed by atoms with Crippen LogP contribution in [0.4, 0.5) is 0 Å². The molecule has 0 saturated heterocycles. The summed E-state index contributed by atoms with van der Waals surface area (Å²) in [5.74, 6) is 0.693. The molecule has 0 aliphatic carbocycles. The summed E-state index contributed by atoms with van der Waals surface area (Å²) in [5.41, 5.74) is -0.101. The number of hydrogen-bond donors (Lipinski definition) is 2. The molecule has 20 heavy (non-hydrogen) atoms. The molecular formula is C13H20N2O4S. The quantitative estimate of drug-likeness (QED) is 0.832. The van der Waals surface area contributed by atoms with E-state index in [0.717, 1.165) is 5.76 Å². The average Bonchev–Trinajstić information content (AvgIpc) is 2.75. The number of carboxylic acids is 1. The van der Waals surface area contributed by atoms with Crippen LogP contribution in [0.5, 0.6) is 0 Å². The number of thioether (sulfide) groups is 1. The number of hydrogen-bond acceptors (Lipinski definition) is 5. The van der Waals surface area contributed by atoms with Crippen LogP contribution < -0.4 is 5.32 Å². The van der Waals surface area contributed by atoms with Gasteiger partial charge in [-0.1, -0.05) is 20.8 Å². The van der Waals surface area contributed by atoms with Crippen LogP contribution in [-0.2, 0) is 20.8 Å². The molecule has 0 fully saturated rings. The molecule has 1 heterocycles. The van der Waals surface area contributed by atoms with Crippen molar-refractivity contribution < 1.29 is 19.1 Å². The summed E-state index contributed by atoms with van der Waals surface area (Å²) in [6.07, 6.45) is 1.69. The van der Waals surface area contributed by atoms with Crippen molar-refractivity contribution in [2.75, 3.05) is 5.75 Å². The Hall–Kier alpha value is -1.50. The molecule has 1 atom stereocenters. The molecule has 1 aromatic rings. The van der Waals surface area contributed by atoms with Crippen LogP contribution in [0.2, 0.25) is 0 Å². The molecule has 0 aliphatic heterocycles. The molecule has 1 unspecified atom stereocenters. The van der Waals surface area contributed by atoms with Crippen molar-refractivity contribution in [1.82, 2.24) is 10.3 Å². The van der Waals surface area contributed by atoms with E-state index in [2.05, 4.69) is 10.3 Å². The van der Waals surface area contributed by atoms with Gasteiger partial charge in [0.15, 0.2) is 0 Å². The zero-order chi connectivity index (χ0) is 15.3. The predicted octanol–water partition coefficient (Wildman–Crippen LogP) is 1.79. The molecule has 0 saturated carbocycles. The lowest BCUT2D eigenvalue weighted by atomic mass is 9.94. The van der Waals surface area contributed by atoms with Gasteiger partial charge in [-0.3, -0.25) is 4.79 Å². The number of aromatic nitrogens is 1. The Bertz CT molecular complexity index is 479. The molecule has 0 radical (unpaired) electrons. The molecule has 0 spiro atoms. The van der Waals surface area contributed by atoms with Gasteiger partial charge in [-0.25, -0.2) is 9.78 Å². The van der Waals surface area contributed by atoms with Crippen molar-refractivity contribution >= 4 is 23.6 Å². The number of carbonyl (C=O) groups excluding carboxylic acids is 1. The first kappa shape index (κ1) is 16.6. The fourth-order valence-corrected chi connectivity index (χ4v) is 2.30. The summed E-state index contributed by atoms with van der Waals surface area (Å²) < 4.78 is 5.60. The maximum absolute atomic E-state index is 10.9. The minimum Gasteiger partial charge on any atom is -0.480 e. The Kier molecular flexibility index (Phi) is 5.62. The minimum atomic E-state index is -1.05. The fraction of sp³-hybridized carbons (Fsp3) is 0.615. The zero-order valence-electron chi connectivity index (χ0n) is 12.1. The molecule has 7 heteroatoms. The van der Waals surface area contributed by atoms with Crippen LogP contribution in [0.1, 0.15) is 39.3 Å². The monoisotopic (exact) mass is 300 g/mol. The number of carbonyl (C=O) groups is 2. The smallest absolute Gasteiger partial charge is 0.327 e. The Morgan fingerprint density at radius 3 is 2.60 bits per heavy atom. The molecule has 6 nitrogen and oxygen atoms in total. The Morgan fingerprint density at radius 1 is 1.50 bits per heavy atom. The van der Waals surface area contributed by atoms with Crippen molar-refractivity contribution in [2.45, 2.75) is 44.9 Å². The molecular weight excluding hydrogens is 280 g/mol. The number of rotatable bonds is 6. The van der Waals surface area contributed by atoms with E-state index < -0.39 is 12.0 Å². The SMILES string of the molecule is CC(=O)NC(CSCc1ncc(C(C)(C)C)o1)C(=O)O. The Labute approximate surface area is 122 Å². The molecule has 112 valence electrons. The van der Waals surface area contributed by atoms with Gasteiger partial charge in [0.25, 0.3) is 0 Å². The molecule has 2 N–H and O–H groups in total. The third-order valence-corrected chi connectivity index (χ3v) is 3.50. The van der Waals surface area contributed by atoms with Crippen molar-refractivity contribution in [3.8, 4) is 0 Å². The van der Waals surface area contributed by atoms with Gasteiger partial charge in [0.2, 0.25) is 11.8 Å². The van der Waals surface area contributed by atoms with E-state index in [1.54, 1.807) is 6.20 Å². The Balaban J connectivity index is 2.49. The zero-order valence-corrected chi connectivity index (χ0v) is 12.9. The number of carboxylic acid groups (broad SMARTS) is 1. The molecule has 1 amide bonds. The van der Waals surface area contributed by atoms with E-state index in [1.807, 2.05) is 20.8 Å². The second-order valence-electron chi connectivity index (χ2n) is 5.47. The first-order valence-electron chi connectivity index (χ1n) is 6.23. The minimum absolute atomic E-state index is 0.101. The van der Waals surface area contributed by atoms with Gasteiger partial charge in [-0.2, -0.15) is 0 Å². The second kappa shape index (κ2) is 6.78. The standard InChI is InChI=1S/C13H20N2O4S/c1-8(16)15-9(12(17)18)6-20-7-11-14-5-10(19-11)13(2,3)4/h5,9H,6-7H2,1-4H3,(H,15,16)(H,17,18). The molecule has 1 aromatic heterocycles. The highest BCUT2D eigenvalue weighted by Gasteiger charge is 2.21. The van der Waals surface area contributed by atoms with E-state index in [1.165, 1.54) is 18.7 Å². The van der Waals surface area contributed by atoms with Crippen molar-refractivity contribution in [1.29, 1.82) is 0 Å². The van der Waals surface area contributed by atoms with Crippen molar-refractivity contribution in [3.63, 3.8) is 0 Å². The highest BCUT2D eigenvalue weighted by molar-refractivity contribution is 7.98. The third-order valence-electron chi connectivity index (χ3n) is 2.48. The van der Waals surface area contributed by atoms with Crippen LogP contribution in [-0.4, -0.2) is 33.8 Å². The lowest BCUT2D eigenvalue weighted by Crippen LogP contribution is -2.41. The number of nitrogens with one attached hydrogen (secondary N) is 1. The first-order valence-corrected chi connectivity index (χ1v) is 7.38. The van der Waals surface area contributed by atoms with Crippen molar-refractivity contribution in [3.05, 3.63) is 17.8 Å². The summed E-state index contributed by atoms with van der Waals surface area (Å²) in [5, 5.41) is 11.3. The van der Waals surface area contributed by atoms with Gasteiger partial charge in [-0.05, 0) is 0 Å². The van der Waals surface area contributed by atoms with Gasteiger partial charge in [-0.15, -0.1) is 11.8 Å². The molecule has 1 rings (SSSR count). The lowest BCUT2D eigenvalue weighted by Gasteiger charge is -2.13. The highest BCUT2D eigenvalue weighted by Crippen LogP contribution is 2.24. The van der Waals surface area contributed by atoms with E-state index >= 15 is 0 Å². The second-order valence-corrected chi connectivity index (χ2v) is 6.50. The largest absolute Gasteiger partial charge is 0.480 e. The summed E-state index contributed by atoms with van der Waals surface area (Å²) in [6, 6.07) is -0.894. The van der Waals surface area contributed by atoms with Gasteiger partial charge >= 0.3 is 5.97 Å². The van der Waals surface area contributed by atoms with Crippen LogP contribution in [0.15, 0.2) is 10.6 Å². The van der Waals surface area contributed by atoms with Crippen LogP contribution in [0, 0.1) is 0 Å². The number of amides is 1. The summed E-state index contributed by atoms with van der Waals surface area (Å²) in [6.45, 7) is 7.38. The van der Waals surface area contributed by atoms with Crippen molar-refractivity contribution in [2.24, 2.45) is 0 Å². The highest BCUT2D eigenvalue weighted by atomic mass is 32.2. The van der Waals surface area contributed by atoms with Crippen LogP contribution in [0.25, 0.3) is 0 Å².